The van der Waals surface area contributed by atoms with Crippen LogP contribution in [0.2, 0.25) is 0 Å². The number of aryl methyl sites for hydroxylation is 1. The molecule has 3 heterocycles. The third-order valence-electron chi connectivity index (χ3n) is 11.8. The number of fused-ring (bicyclic) bond motifs is 3. The van der Waals surface area contributed by atoms with E-state index in [0.29, 0.717) is 5.92 Å². The van der Waals surface area contributed by atoms with Gasteiger partial charge in [0.1, 0.15) is 5.76 Å². The molecule has 0 unspecified atom stereocenters. The fourth-order valence-corrected chi connectivity index (χ4v) is 9.28. The van der Waals surface area contributed by atoms with Gasteiger partial charge in [-0.2, -0.15) is 0 Å². The van der Waals surface area contributed by atoms with Crippen LogP contribution in [-0.2, 0) is 36.7 Å². The van der Waals surface area contributed by atoms with Crippen LogP contribution in [0.1, 0.15) is 118 Å². The summed E-state index contributed by atoms with van der Waals surface area (Å²) in [6, 6.07) is 26.1. The molecule has 0 bridgehead atoms. The molecule has 0 saturated carbocycles. The van der Waals surface area contributed by atoms with E-state index in [-0.39, 0.29) is 47.9 Å². The van der Waals surface area contributed by atoms with Crippen LogP contribution in [0, 0.1) is 29.7 Å². The van der Waals surface area contributed by atoms with E-state index in [1.165, 1.54) is 58.1 Å². The van der Waals surface area contributed by atoms with Gasteiger partial charge in [0, 0.05) is 68.1 Å². The molecule has 3 nitrogen and oxygen atoms in total. The zero-order chi connectivity index (χ0) is 39.6. The smallest absolute Gasteiger partial charge is 0.164 e. The van der Waals surface area contributed by atoms with Gasteiger partial charge in [0.2, 0.25) is 0 Å². The molecule has 0 amide bonds. The first kappa shape index (κ1) is 44.6. The minimum Gasteiger partial charge on any atom is -0.512 e. The number of aliphatic hydroxyl groups is 1. The molecule has 0 saturated heterocycles. The fourth-order valence-electron chi connectivity index (χ4n) is 7.05. The summed E-state index contributed by atoms with van der Waals surface area (Å²) in [5.74, 6) is 0.933. The standard InChI is InChI=1S/C34H32NS2.C15H28O2.Ir/c1-20(2)15-27-21(3)36-30-12-11-23(17-28(27)30)31-19-24-13-14-35-32(33(24)37-31)25-16-22-9-7-8-10-26(22)29(18-25)34(4,5)6;1-7-14(5,8-2)12(16)11-13(17)15(6,9-3)10-4;/h7-14,17-20H,15H2,1-6H3;11,16H,7-10H2,1-6H3;/q-1;;/b;12-11-;. The number of rotatable bonds is 11. The Hall–Kier alpha value is -3.15. The zero-order valence-electron chi connectivity index (χ0n) is 35.0. The Balaban J connectivity index is 0.000000320. The van der Waals surface area contributed by atoms with E-state index in [1.54, 1.807) is 0 Å². The average molecular weight is 951 g/mol. The molecule has 55 heavy (non-hydrogen) atoms. The Morgan fingerprint density at radius 2 is 1.51 bits per heavy atom. The van der Waals surface area contributed by atoms with Crippen molar-refractivity contribution in [3.05, 3.63) is 101 Å². The summed E-state index contributed by atoms with van der Waals surface area (Å²) in [5, 5.41) is 15.2. The van der Waals surface area contributed by atoms with Crippen LogP contribution in [-0.4, -0.2) is 15.9 Å². The topological polar surface area (TPSA) is 50.2 Å². The van der Waals surface area contributed by atoms with Gasteiger partial charge in [-0.3, -0.25) is 9.78 Å². The van der Waals surface area contributed by atoms with E-state index in [9.17, 15) is 9.90 Å². The van der Waals surface area contributed by atoms with Crippen molar-refractivity contribution in [1.82, 2.24) is 4.98 Å². The van der Waals surface area contributed by atoms with Gasteiger partial charge in [-0.15, -0.1) is 51.8 Å². The van der Waals surface area contributed by atoms with E-state index in [2.05, 4.69) is 108 Å². The minimum atomic E-state index is -0.337. The number of ketones is 1. The molecular weight excluding hydrogens is 891 g/mol. The summed E-state index contributed by atoms with van der Waals surface area (Å²) in [6.07, 6.45) is 7.83. The first-order chi connectivity index (χ1) is 25.5. The SMILES string of the molecule is CCC(C)(CC)C(=O)/C=C(\O)C(C)(CC)CC.Cc1sc2ccc(-c3cc4ccnc(-c5[c-]c6ccccc6c(C(C)(C)C)c5)c4s3)cc2c1CC(C)C.[Ir]. The third kappa shape index (κ3) is 9.53. The van der Waals surface area contributed by atoms with Crippen molar-refractivity contribution in [2.24, 2.45) is 16.7 Å². The molecule has 1 N–H and O–H groups in total. The second-order valence-electron chi connectivity index (χ2n) is 17.0. The molecule has 0 spiro atoms. The summed E-state index contributed by atoms with van der Waals surface area (Å²) in [7, 11) is 0. The maximum atomic E-state index is 12.2. The monoisotopic (exact) mass is 951 g/mol. The molecule has 0 aliphatic heterocycles. The summed E-state index contributed by atoms with van der Waals surface area (Å²) in [6.45, 7) is 25.8. The van der Waals surface area contributed by atoms with Crippen molar-refractivity contribution in [2.45, 2.75) is 121 Å². The van der Waals surface area contributed by atoms with E-state index in [1.807, 2.05) is 70.4 Å². The van der Waals surface area contributed by atoms with E-state index in [4.69, 9.17) is 4.98 Å². The van der Waals surface area contributed by atoms with Gasteiger partial charge < -0.3 is 5.11 Å². The van der Waals surface area contributed by atoms with Gasteiger partial charge in [0.15, 0.2) is 5.78 Å². The Kier molecular flexibility index (Phi) is 14.6. The number of hydrogen-bond acceptors (Lipinski definition) is 5. The molecule has 6 rings (SSSR count). The van der Waals surface area contributed by atoms with Crippen LogP contribution in [0.4, 0.5) is 0 Å². The number of thiophene rings is 2. The zero-order valence-corrected chi connectivity index (χ0v) is 39.0. The Morgan fingerprint density at radius 1 is 0.855 bits per heavy atom. The fraction of sp³-hybridized carbons (Fsp3) is 0.429. The molecular formula is C49H60IrNO2S2-. The van der Waals surface area contributed by atoms with E-state index in [0.717, 1.165) is 48.7 Å². The molecule has 6 aromatic rings. The van der Waals surface area contributed by atoms with Crippen LogP contribution < -0.4 is 0 Å². The Morgan fingerprint density at radius 3 is 2.13 bits per heavy atom. The predicted molar refractivity (Wildman–Crippen MR) is 237 cm³/mol. The third-order valence-corrected chi connectivity index (χ3v) is 14.1. The molecule has 0 fully saturated rings. The number of carbonyl (C=O) groups is 1. The maximum Gasteiger partial charge on any atom is 0.164 e. The predicted octanol–water partition coefficient (Wildman–Crippen LogP) is 15.3. The minimum absolute atomic E-state index is 0. The second-order valence-corrected chi connectivity index (χ2v) is 19.3. The maximum absolute atomic E-state index is 12.2. The number of pyridine rings is 1. The number of carbonyl (C=O) groups excluding carboxylic acids is 1. The van der Waals surface area contributed by atoms with Crippen LogP contribution >= 0.6 is 22.7 Å². The Labute approximate surface area is 352 Å². The number of aromatic nitrogens is 1. The number of hydrogen-bond donors (Lipinski definition) is 1. The number of aliphatic hydroxyl groups excluding tert-OH is 1. The van der Waals surface area contributed by atoms with Gasteiger partial charge >= 0.3 is 0 Å². The summed E-state index contributed by atoms with van der Waals surface area (Å²) in [4.78, 5) is 19.8. The average Bonchev–Trinajstić information content (AvgIpc) is 3.73. The molecule has 295 valence electrons. The number of nitrogens with zero attached hydrogens (tertiary/aromatic N) is 1. The molecule has 1 radical (unpaired) electrons. The van der Waals surface area contributed by atoms with E-state index >= 15 is 0 Å². The van der Waals surface area contributed by atoms with Crippen molar-refractivity contribution in [1.29, 1.82) is 0 Å². The van der Waals surface area contributed by atoms with Gasteiger partial charge in [-0.25, -0.2) is 0 Å². The normalized spacial score (nSPS) is 12.6. The van der Waals surface area contributed by atoms with Crippen LogP contribution in [0.15, 0.2) is 78.7 Å². The van der Waals surface area contributed by atoms with Gasteiger partial charge in [-0.1, -0.05) is 111 Å². The van der Waals surface area contributed by atoms with Crippen molar-refractivity contribution < 1.29 is 30.0 Å². The summed E-state index contributed by atoms with van der Waals surface area (Å²) < 4.78 is 2.62. The van der Waals surface area contributed by atoms with Gasteiger partial charge in [-0.05, 0) is 96.5 Å². The van der Waals surface area contributed by atoms with Gasteiger partial charge in [0.05, 0.1) is 0 Å². The second kappa shape index (κ2) is 18.0. The van der Waals surface area contributed by atoms with Crippen molar-refractivity contribution in [2.75, 3.05) is 0 Å². The van der Waals surface area contributed by atoms with Crippen LogP contribution in [0.5, 0.6) is 0 Å². The van der Waals surface area contributed by atoms with E-state index < -0.39 is 0 Å². The van der Waals surface area contributed by atoms with Gasteiger partial charge in [0.25, 0.3) is 0 Å². The largest absolute Gasteiger partial charge is 0.512 e. The summed E-state index contributed by atoms with van der Waals surface area (Å²) in [5.41, 5.74) is 5.67. The van der Waals surface area contributed by atoms with Crippen LogP contribution in [0.3, 0.4) is 0 Å². The first-order valence-corrected chi connectivity index (χ1v) is 21.4. The quantitative estimate of drug-likeness (QED) is 0.0800. The molecule has 3 aromatic heterocycles. The van der Waals surface area contributed by atoms with Crippen molar-refractivity contribution >= 4 is 59.4 Å². The summed E-state index contributed by atoms with van der Waals surface area (Å²) >= 11 is 3.77. The van der Waals surface area contributed by atoms with Crippen LogP contribution in [0.25, 0.3) is 52.6 Å². The van der Waals surface area contributed by atoms with Crippen molar-refractivity contribution in [3.63, 3.8) is 0 Å². The molecule has 6 heteroatoms. The van der Waals surface area contributed by atoms with Crippen molar-refractivity contribution in [3.8, 4) is 21.7 Å². The molecule has 0 atom stereocenters. The molecule has 3 aromatic carbocycles. The Bertz CT molecular complexity index is 2290. The number of allylic oxidation sites excluding steroid dienone is 2. The first-order valence-electron chi connectivity index (χ1n) is 19.8. The molecule has 0 aliphatic carbocycles. The number of benzene rings is 3. The molecule has 0 aliphatic rings.